The van der Waals surface area contributed by atoms with Crippen molar-refractivity contribution in [1.29, 1.82) is 0 Å². The number of aryl methyl sites for hydroxylation is 2. The summed E-state index contributed by atoms with van der Waals surface area (Å²) in [4.78, 5) is 11.9. The molecule has 1 aromatic heterocycles. The standard InChI is InChI=1S/C15H17ClFN3O2/c1-8(11-4-5-14(17)13(16)6-11)19-15(21)18-7-12-9(2)20-22-10(12)3/h4-6,8H,7H2,1-3H3,(H2,18,19,21). The van der Waals surface area contributed by atoms with Gasteiger partial charge in [-0.05, 0) is 38.5 Å². The fraction of sp³-hybridized carbons (Fsp3) is 0.333. The topological polar surface area (TPSA) is 67.2 Å². The fourth-order valence-corrected chi connectivity index (χ4v) is 2.22. The predicted octanol–water partition coefficient (Wildman–Crippen LogP) is 3.64. The molecule has 0 spiro atoms. The van der Waals surface area contributed by atoms with Gasteiger partial charge >= 0.3 is 6.03 Å². The summed E-state index contributed by atoms with van der Waals surface area (Å²) in [6.07, 6.45) is 0. The van der Waals surface area contributed by atoms with E-state index in [1.54, 1.807) is 19.9 Å². The Morgan fingerprint density at radius 3 is 2.77 bits per heavy atom. The number of rotatable bonds is 4. The lowest BCUT2D eigenvalue weighted by molar-refractivity contribution is 0.237. The summed E-state index contributed by atoms with van der Waals surface area (Å²) in [5.74, 6) is 0.191. The maximum Gasteiger partial charge on any atom is 0.315 e. The molecular formula is C15H17ClFN3O2. The highest BCUT2D eigenvalue weighted by molar-refractivity contribution is 6.30. The van der Waals surface area contributed by atoms with Crippen LogP contribution >= 0.6 is 11.6 Å². The molecule has 2 N–H and O–H groups in total. The SMILES string of the molecule is Cc1noc(C)c1CNC(=O)NC(C)c1ccc(F)c(Cl)c1. The number of urea groups is 1. The Kier molecular flexibility index (Phi) is 5.03. The second-order valence-corrected chi connectivity index (χ2v) is 5.43. The maximum atomic E-state index is 13.1. The van der Waals surface area contributed by atoms with E-state index in [0.717, 1.165) is 16.8 Å². The Bertz CT molecular complexity index is 668. The molecule has 0 fully saturated rings. The van der Waals surface area contributed by atoms with Crippen LogP contribution in [-0.4, -0.2) is 11.2 Å². The van der Waals surface area contributed by atoms with E-state index in [2.05, 4.69) is 15.8 Å². The number of nitrogens with zero attached hydrogens (tertiary/aromatic N) is 1. The van der Waals surface area contributed by atoms with Crippen molar-refractivity contribution in [2.24, 2.45) is 0 Å². The van der Waals surface area contributed by atoms with Crippen LogP contribution < -0.4 is 10.6 Å². The third-order valence-corrected chi connectivity index (χ3v) is 3.69. The van der Waals surface area contributed by atoms with E-state index in [9.17, 15) is 9.18 Å². The van der Waals surface area contributed by atoms with Gasteiger partial charge in [-0.15, -0.1) is 0 Å². The van der Waals surface area contributed by atoms with Crippen molar-refractivity contribution in [3.05, 3.63) is 51.6 Å². The van der Waals surface area contributed by atoms with Gasteiger partial charge in [0.2, 0.25) is 0 Å². The van der Waals surface area contributed by atoms with E-state index >= 15 is 0 Å². The van der Waals surface area contributed by atoms with Crippen LogP contribution in [0.3, 0.4) is 0 Å². The molecule has 1 unspecified atom stereocenters. The average molecular weight is 326 g/mol. The average Bonchev–Trinajstić information content (AvgIpc) is 2.78. The molecule has 1 atom stereocenters. The number of hydrogen-bond acceptors (Lipinski definition) is 3. The highest BCUT2D eigenvalue weighted by Gasteiger charge is 2.13. The van der Waals surface area contributed by atoms with Crippen LogP contribution in [0.15, 0.2) is 22.7 Å². The largest absolute Gasteiger partial charge is 0.361 e. The van der Waals surface area contributed by atoms with E-state index in [-0.39, 0.29) is 17.1 Å². The summed E-state index contributed by atoms with van der Waals surface area (Å²) in [5, 5.41) is 9.35. The Balaban J connectivity index is 1.92. The second-order valence-electron chi connectivity index (χ2n) is 5.02. The normalized spacial score (nSPS) is 12.0. The lowest BCUT2D eigenvalue weighted by atomic mass is 10.1. The van der Waals surface area contributed by atoms with E-state index in [4.69, 9.17) is 16.1 Å². The van der Waals surface area contributed by atoms with Crippen molar-refractivity contribution in [2.75, 3.05) is 0 Å². The van der Waals surface area contributed by atoms with Gasteiger partial charge < -0.3 is 15.2 Å². The molecule has 2 amide bonds. The number of halogens is 2. The van der Waals surface area contributed by atoms with E-state index < -0.39 is 5.82 Å². The minimum Gasteiger partial charge on any atom is -0.361 e. The van der Waals surface area contributed by atoms with Gasteiger partial charge in [0, 0.05) is 12.1 Å². The Morgan fingerprint density at radius 1 is 1.45 bits per heavy atom. The molecule has 1 heterocycles. The molecule has 0 saturated heterocycles. The monoisotopic (exact) mass is 325 g/mol. The molecule has 2 rings (SSSR count). The van der Waals surface area contributed by atoms with Crippen molar-refractivity contribution in [3.63, 3.8) is 0 Å². The number of amides is 2. The second kappa shape index (κ2) is 6.79. The van der Waals surface area contributed by atoms with Crippen LogP contribution in [-0.2, 0) is 6.54 Å². The van der Waals surface area contributed by atoms with Gasteiger partial charge in [-0.25, -0.2) is 9.18 Å². The first-order chi connectivity index (χ1) is 10.4. The number of aromatic nitrogens is 1. The highest BCUT2D eigenvalue weighted by atomic mass is 35.5. The summed E-state index contributed by atoms with van der Waals surface area (Å²) in [6, 6.07) is 3.71. The first-order valence-corrected chi connectivity index (χ1v) is 7.17. The zero-order valence-corrected chi connectivity index (χ0v) is 13.3. The zero-order chi connectivity index (χ0) is 16.3. The summed E-state index contributed by atoms with van der Waals surface area (Å²) in [7, 11) is 0. The maximum absolute atomic E-state index is 13.1. The number of hydrogen-bond donors (Lipinski definition) is 2. The molecule has 0 radical (unpaired) electrons. The predicted molar refractivity (Wildman–Crippen MR) is 81.2 cm³/mol. The van der Waals surface area contributed by atoms with Gasteiger partial charge in [0.1, 0.15) is 11.6 Å². The van der Waals surface area contributed by atoms with Crippen LogP contribution in [0.1, 0.15) is 35.5 Å². The first kappa shape index (κ1) is 16.3. The Labute approximate surface area is 132 Å². The smallest absolute Gasteiger partial charge is 0.315 e. The number of carbonyl (C=O) groups is 1. The van der Waals surface area contributed by atoms with Crippen molar-refractivity contribution in [2.45, 2.75) is 33.4 Å². The van der Waals surface area contributed by atoms with Gasteiger partial charge in [-0.3, -0.25) is 0 Å². The minimum absolute atomic E-state index is 0.0299. The van der Waals surface area contributed by atoms with Crippen molar-refractivity contribution in [3.8, 4) is 0 Å². The van der Waals surface area contributed by atoms with Crippen LogP contribution in [0.4, 0.5) is 9.18 Å². The fourth-order valence-electron chi connectivity index (χ4n) is 2.04. The van der Waals surface area contributed by atoms with Crippen LogP contribution in [0.5, 0.6) is 0 Å². The third-order valence-electron chi connectivity index (χ3n) is 3.40. The lowest BCUT2D eigenvalue weighted by Gasteiger charge is -2.15. The highest BCUT2D eigenvalue weighted by Crippen LogP contribution is 2.20. The first-order valence-electron chi connectivity index (χ1n) is 6.79. The van der Waals surface area contributed by atoms with Gasteiger partial charge in [0.05, 0.1) is 16.8 Å². The molecule has 7 heteroatoms. The molecule has 0 aliphatic carbocycles. The summed E-state index contributed by atoms with van der Waals surface area (Å²) in [5.41, 5.74) is 2.32. The van der Waals surface area contributed by atoms with E-state index in [0.29, 0.717) is 12.3 Å². The quantitative estimate of drug-likeness (QED) is 0.901. The summed E-state index contributed by atoms with van der Waals surface area (Å²) >= 11 is 5.74. The Hall–Kier alpha value is -2.08. The van der Waals surface area contributed by atoms with Gasteiger partial charge in [0.25, 0.3) is 0 Å². The van der Waals surface area contributed by atoms with Crippen molar-refractivity contribution >= 4 is 17.6 Å². The number of benzene rings is 1. The molecule has 0 bridgehead atoms. The third kappa shape index (κ3) is 3.76. The molecule has 22 heavy (non-hydrogen) atoms. The Morgan fingerprint density at radius 2 is 2.18 bits per heavy atom. The molecule has 0 aliphatic rings. The van der Waals surface area contributed by atoms with Gasteiger partial charge in [-0.2, -0.15) is 0 Å². The van der Waals surface area contributed by atoms with Crippen LogP contribution in [0.25, 0.3) is 0 Å². The van der Waals surface area contributed by atoms with Crippen molar-refractivity contribution < 1.29 is 13.7 Å². The zero-order valence-electron chi connectivity index (χ0n) is 12.5. The van der Waals surface area contributed by atoms with E-state index in [1.807, 2.05) is 6.92 Å². The molecule has 118 valence electrons. The van der Waals surface area contributed by atoms with E-state index in [1.165, 1.54) is 12.1 Å². The molecule has 5 nitrogen and oxygen atoms in total. The van der Waals surface area contributed by atoms with Crippen LogP contribution in [0, 0.1) is 19.7 Å². The molecule has 0 saturated carbocycles. The van der Waals surface area contributed by atoms with Gasteiger partial charge in [0.15, 0.2) is 0 Å². The molecular weight excluding hydrogens is 309 g/mol. The van der Waals surface area contributed by atoms with Crippen molar-refractivity contribution in [1.82, 2.24) is 15.8 Å². The van der Waals surface area contributed by atoms with Crippen LogP contribution in [0.2, 0.25) is 5.02 Å². The molecule has 2 aromatic rings. The molecule has 1 aromatic carbocycles. The summed E-state index contributed by atoms with van der Waals surface area (Å²) < 4.78 is 18.2. The number of nitrogens with one attached hydrogen (secondary N) is 2. The minimum atomic E-state index is -0.486. The summed E-state index contributed by atoms with van der Waals surface area (Å²) in [6.45, 7) is 5.72. The lowest BCUT2D eigenvalue weighted by Crippen LogP contribution is -2.36. The molecule has 0 aliphatic heterocycles. The van der Waals surface area contributed by atoms with Gasteiger partial charge in [-0.1, -0.05) is 22.8 Å². The number of carbonyl (C=O) groups excluding carboxylic acids is 1.